The molecule has 1 aromatic heterocycles. The average molecular weight is 281 g/mol. The molecule has 2 rings (SSSR count). The first-order valence-corrected chi connectivity index (χ1v) is 5.61. The second-order valence-electron chi connectivity index (χ2n) is 3.88. The van der Waals surface area contributed by atoms with Crippen LogP contribution in [0, 0.1) is 17.5 Å². The summed E-state index contributed by atoms with van der Waals surface area (Å²) in [5, 5.41) is 4.88. The van der Waals surface area contributed by atoms with Crippen LogP contribution in [-0.4, -0.2) is 17.9 Å². The minimum absolute atomic E-state index is 0.0130. The SMILES string of the molecule is CNc1ccnc(C(=O)Nc2cc(F)cc(F)c2F)c1. The molecule has 2 aromatic rings. The maximum atomic E-state index is 13.4. The van der Waals surface area contributed by atoms with E-state index in [9.17, 15) is 18.0 Å². The molecule has 0 aliphatic rings. The minimum Gasteiger partial charge on any atom is -0.388 e. The summed E-state index contributed by atoms with van der Waals surface area (Å²) >= 11 is 0. The fraction of sp³-hybridized carbons (Fsp3) is 0.0769. The Hall–Kier alpha value is -2.57. The van der Waals surface area contributed by atoms with E-state index in [1.807, 2.05) is 0 Å². The quantitative estimate of drug-likeness (QED) is 0.851. The van der Waals surface area contributed by atoms with E-state index in [4.69, 9.17) is 0 Å². The number of amides is 1. The molecule has 0 aliphatic carbocycles. The molecule has 0 fully saturated rings. The average Bonchev–Trinajstić information content (AvgIpc) is 2.44. The van der Waals surface area contributed by atoms with Gasteiger partial charge < -0.3 is 10.6 Å². The summed E-state index contributed by atoms with van der Waals surface area (Å²) in [5.41, 5.74) is 0.0288. The number of nitrogens with zero attached hydrogens (tertiary/aromatic N) is 1. The highest BCUT2D eigenvalue weighted by atomic mass is 19.2. The van der Waals surface area contributed by atoms with Gasteiger partial charge in [0.05, 0.1) is 5.69 Å². The first-order valence-electron chi connectivity index (χ1n) is 5.61. The van der Waals surface area contributed by atoms with Crippen molar-refractivity contribution >= 4 is 17.3 Å². The summed E-state index contributed by atoms with van der Waals surface area (Å²) in [6.07, 6.45) is 1.38. The van der Waals surface area contributed by atoms with Crippen LogP contribution in [0.4, 0.5) is 24.5 Å². The highest BCUT2D eigenvalue weighted by molar-refractivity contribution is 6.03. The molecule has 0 radical (unpaired) electrons. The summed E-state index contributed by atoms with van der Waals surface area (Å²) in [5.74, 6) is -4.47. The largest absolute Gasteiger partial charge is 0.388 e. The van der Waals surface area contributed by atoms with Gasteiger partial charge in [-0.05, 0) is 12.1 Å². The Kier molecular flexibility index (Phi) is 3.88. The molecule has 0 spiro atoms. The van der Waals surface area contributed by atoms with Gasteiger partial charge in [-0.25, -0.2) is 13.2 Å². The van der Waals surface area contributed by atoms with Crippen molar-refractivity contribution in [2.45, 2.75) is 0 Å². The van der Waals surface area contributed by atoms with E-state index in [0.717, 1.165) is 0 Å². The summed E-state index contributed by atoms with van der Waals surface area (Å²) < 4.78 is 39.4. The van der Waals surface area contributed by atoms with Gasteiger partial charge in [0.1, 0.15) is 11.5 Å². The number of hydrogen-bond acceptors (Lipinski definition) is 3. The zero-order chi connectivity index (χ0) is 14.7. The molecule has 7 heteroatoms. The number of carbonyl (C=O) groups excluding carboxylic acids is 1. The Morgan fingerprint density at radius 3 is 2.65 bits per heavy atom. The van der Waals surface area contributed by atoms with Crippen LogP contribution in [0.2, 0.25) is 0 Å². The van der Waals surface area contributed by atoms with Gasteiger partial charge in [0, 0.05) is 31.1 Å². The van der Waals surface area contributed by atoms with Crippen molar-refractivity contribution in [3.8, 4) is 0 Å². The molecule has 4 nitrogen and oxygen atoms in total. The number of aromatic nitrogens is 1. The topological polar surface area (TPSA) is 54.0 Å². The van der Waals surface area contributed by atoms with Gasteiger partial charge in [-0.1, -0.05) is 0 Å². The van der Waals surface area contributed by atoms with Gasteiger partial charge in [0.15, 0.2) is 11.6 Å². The number of pyridine rings is 1. The lowest BCUT2D eigenvalue weighted by atomic mass is 10.2. The van der Waals surface area contributed by atoms with Crippen LogP contribution in [0.15, 0.2) is 30.5 Å². The van der Waals surface area contributed by atoms with E-state index in [0.29, 0.717) is 17.8 Å². The molecule has 0 atom stereocenters. The molecule has 1 amide bonds. The number of anilines is 2. The van der Waals surface area contributed by atoms with Crippen LogP contribution in [0.3, 0.4) is 0 Å². The predicted molar refractivity (Wildman–Crippen MR) is 68.1 cm³/mol. The van der Waals surface area contributed by atoms with Crippen LogP contribution in [-0.2, 0) is 0 Å². The number of halogens is 3. The van der Waals surface area contributed by atoms with Gasteiger partial charge in [-0.3, -0.25) is 9.78 Å². The molecular weight excluding hydrogens is 271 g/mol. The maximum absolute atomic E-state index is 13.4. The first kappa shape index (κ1) is 13.9. The normalized spacial score (nSPS) is 10.2. The van der Waals surface area contributed by atoms with Crippen molar-refractivity contribution in [3.63, 3.8) is 0 Å². The molecule has 0 aliphatic heterocycles. The Labute approximate surface area is 112 Å². The van der Waals surface area contributed by atoms with Gasteiger partial charge in [0.2, 0.25) is 0 Å². The number of benzene rings is 1. The van der Waals surface area contributed by atoms with Gasteiger partial charge in [0.25, 0.3) is 5.91 Å². The van der Waals surface area contributed by atoms with Gasteiger partial charge in [-0.15, -0.1) is 0 Å². The maximum Gasteiger partial charge on any atom is 0.274 e. The van der Waals surface area contributed by atoms with Crippen LogP contribution in [0.25, 0.3) is 0 Å². The summed E-state index contributed by atoms with van der Waals surface area (Å²) in [6.45, 7) is 0. The molecule has 0 saturated carbocycles. The molecule has 0 bridgehead atoms. The van der Waals surface area contributed by atoms with Crippen molar-refractivity contribution in [3.05, 3.63) is 53.6 Å². The highest BCUT2D eigenvalue weighted by Crippen LogP contribution is 2.20. The second-order valence-corrected chi connectivity index (χ2v) is 3.88. The third-order valence-electron chi connectivity index (χ3n) is 2.52. The zero-order valence-corrected chi connectivity index (χ0v) is 10.4. The smallest absolute Gasteiger partial charge is 0.274 e. The van der Waals surface area contributed by atoms with Crippen LogP contribution in [0.1, 0.15) is 10.5 Å². The third kappa shape index (κ3) is 2.87. The van der Waals surface area contributed by atoms with E-state index in [1.54, 1.807) is 13.1 Å². The lowest BCUT2D eigenvalue weighted by molar-refractivity contribution is 0.102. The Morgan fingerprint density at radius 1 is 1.20 bits per heavy atom. The number of nitrogens with one attached hydrogen (secondary N) is 2. The van der Waals surface area contributed by atoms with Crippen molar-refractivity contribution in [2.24, 2.45) is 0 Å². The lowest BCUT2D eigenvalue weighted by Gasteiger charge is -2.07. The molecule has 1 aromatic carbocycles. The van der Waals surface area contributed by atoms with Crippen molar-refractivity contribution in [1.82, 2.24) is 4.98 Å². The first-order chi connectivity index (χ1) is 9.51. The van der Waals surface area contributed by atoms with E-state index in [1.165, 1.54) is 12.3 Å². The Morgan fingerprint density at radius 2 is 1.95 bits per heavy atom. The van der Waals surface area contributed by atoms with Gasteiger partial charge in [-0.2, -0.15) is 0 Å². The number of carbonyl (C=O) groups is 1. The second kappa shape index (κ2) is 5.60. The molecule has 0 unspecified atom stereocenters. The van der Waals surface area contributed by atoms with E-state index in [-0.39, 0.29) is 5.69 Å². The van der Waals surface area contributed by atoms with Crippen LogP contribution in [0.5, 0.6) is 0 Å². The standard InChI is InChI=1S/C13H10F3N3O/c1-17-8-2-3-18-11(6-8)13(20)19-10-5-7(14)4-9(15)12(10)16/h2-6H,1H3,(H,17,18)(H,19,20). The van der Waals surface area contributed by atoms with E-state index in [2.05, 4.69) is 15.6 Å². The molecule has 20 heavy (non-hydrogen) atoms. The van der Waals surface area contributed by atoms with E-state index < -0.39 is 29.0 Å². The molecule has 104 valence electrons. The monoisotopic (exact) mass is 281 g/mol. The van der Waals surface area contributed by atoms with Crippen molar-refractivity contribution < 1.29 is 18.0 Å². The molecular formula is C13H10F3N3O. The van der Waals surface area contributed by atoms with Crippen LogP contribution < -0.4 is 10.6 Å². The number of hydrogen-bond donors (Lipinski definition) is 2. The third-order valence-corrected chi connectivity index (χ3v) is 2.52. The molecule has 2 N–H and O–H groups in total. The fourth-order valence-electron chi connectivity index (χ4n) is 1.54. The zero-order valence-electron chi connectivity index (χ0n) is 10.4. The Balaban J connectivity index is 2.27. The van der Waals surface area contributed by atoms with Crippen molar-refractivity contribution in [2.75, 3.05) is 17.7 Å². The minimum atomic E-state index is -1.38. The highest BCUT2D eigenvalue weighted by Gasteiger charge is 2.15. The summed E-state index contributed by atoms with van der Waals surface area (Å²) in [7, 11) is 1.65. The van der Waals surface area contributed by atoms with Gasteiger partial charge >= 0.3 is 0 Å². The summed E-state index contributed by atoms with van der Waals surface area (Å²) in [6, 6.07) is 4.13. The predicted octanol–water partition coefficient (Wildman–Crippen LogP) is 2.79. The molecule has 0 saturated heterocycles. The summed E-state index contributed by atoms with van der Waals surface area (Å²) in [4.78, 5) is 15.6. The van der Waals surface area contributed by atoms with Crippen LogP contribution >= 0.6 is 0 Å². The van der Waals surface area contributed by atoms with Crippen molar-refractivity contribution in [1.29, 1.82) is 0 Å². The lowest BCUT2D eigenvalue weighted by Crippen LogP contribution is -2.15. The van der Waals surface area contributed by atoms with E-state index >= 15 is 0 Å². The molecule has 1 heterocycles. The fourth-order valence-corrected chi connectivity index (χ4v) is 1.54. The Bertz CT molecular complexity index is 661. The number of rotatable bonds is 3.